The lowest BCUT2D eigenvalue weighted by atomic mass is 10.1. The molecule has 21 heavy (non-hydrogen) atoms. The van der Waals surface area contributed by atoms with Crippen molar-refractivity contribution < 1.29 is 0 Å². The Labute approximate surface area is 131 Å². The third-order valence-corrected chi connectivity index (χ3v) is 3.93. The maximum Gasteiger partial charge on any atom is 0.283 e. The minimum absolute atomic E-state index is 0.162. The number of aromatic amines is 1. The van der Waals surface area contributed by atoms with Crippen LogP contribution in [0.25, 0.3) is 0 Å². The normalized spacial score (nSPS) is 10.6. The van der Waals surface area contributed by atoms with E-state index in [1.54, 1.807) is 12.3 Å². The number of aromatic nitrogens is 4. The minimum atomic E-state index is -0.162. The molecule has 0 bridgehead atoms. The number of allylic oxidation sites excluding steroid dienone is 1. The van der Waals surface area contributed by atoms with Gasteiger partial charge in [0.15, 0.2) is 0 Å². The van der Waals surface area contributed by atoms with Crippen LogP contribution in [0.4, 0.5) is 5.69 Å². The minimum Gasteiger partial charge on any atom is -0.383 e. The van der Waals surface area contributed by atoms with E-state index in [0.29, 0.717) is 16.7 Å². The van der Waals surface area contributed by atoms with Crippen molar-refractivity contribution >= 4 is 21.6 Å². The molecule has 112 valence electrons. The highest BCUT2D eigenvalue weighted by molar-refractivity contribution is 9.10. The van der Waals surface area contributed by atoms with Gasteiger partial charge in [-0.1, -0.05) is 6.08 Å². The summed E-state index contributed by atoms with van der Waals surface area (Å²) >= 11 is 3.32. The maximum absolute atomic E-state index is 12.0. The molecule has 2 aromatic rings. The second-order valence-electron chi connectivity index (χ2n) is 4.70. The van der Waals surface area contributed by atoms with Crippen LogP contribution in [0.1, 0.15) is 17.7 Å². The van der Waals surface area contributed by atoms with Crippen molar-refractivity contribution in [2.75, 3.05) is 11.9 Å². The number of halogens is 1. The standard InChI is InChI=1S/C14H18BrN5O/c1-3-7-20-14(21)13(15)12(9-18-20)16-6-4-5-11-8-17-19-10(11)2/h3,8-9,16H,1,4-7H2,2H3,(H,17,19). The van der Waals surface area contributed by atoms with E-state index in [1.807, 2.05) is 13.1 Å². The lowest BCUT2D eigenvalue weighted by Gasteiger charge is -2.09. The molecule has 2 N–H and O–H groups in total. The van der Waals surface area contributed by atoms with Crippen molar-refractivity contribution in [3.8, 4) is 0 Å². The molecule has 0 radical (unpaired) electrons. The summed E-state index contributed by atoms with van der Waals surface area (Å²) in [6, 6.07) is 0. The predicted octanol–water partition coefficient (Wildman–Crippen LogP) is 2.27. The molecule has 0 unspecified atom stereocenters. The van der Waals surface area contributed by atoms with Gasteiger partial charge < -0.3 is 5.32 Å². The van der Waals surface area contributed by atoms with Crippen LogP contribution in [0.15, 0.2) is 34.3 Å². The smallest absolute Gasteiger partial charge is 0.283 e. The molecule has 0 aliphatic rings. The van der Waals surface area contributed by atoms with E-state index >= 15 is 0 Å². The Bertz CT molecular complexity index is 676. The average molecular weight is 352 g/mol. The first-order valence-corrected chi connectivity index (χ1v) is 7.52. The summed E-state index contributed by atoms with van der Waals surface area (Å²) in [6.07, 6.45) is 7.03. The van der Waals surface area contributed by atoms with Crippen molar-refractivity contribution in [3.05, 3.63) is 51.1 Å². The van der Waals surface area contributed by atoms with E-state index in [2.05, 4.69) is 43.1 Å². The Balaban J connectivity index is 1.92. The fourth-order valence-corrected chi connectivity index (χ4v) is 2.42. The number of nitrogens with zero attached hydrogens (tertiary/aromatic N) is 3. The fraction of sp³-hybridized carbons (Fsp3) is 0.357. The van der Waals surface area contributed by atoms with Crippen LogP contribution >= 0.6 is 15.9 Å². The molecule has 2 rings (SSSR count). The zero-order valence-corrected chi connectivity index (χ0v) is 13.5. The summed E-state index contributed by atoms with van der Waals surface area (Å²) in [7, 11) is 0. The summed E-state index contributed by atoms with van der Waals surface area (Å²) in [5.74, 6) is 0. The van der Waals surface area contributed by atoms with Gasteiger partial charge in [-0.2, -0.15) is 10.2 Å². The van der Waals surface area contributed by atoms with Crippen LogP contribution in [0.2, 0.25) is 0 Å². The van der Waals surface area contributed by atoms with E-state index in [-0.39, 0.29) is 5.56 Å². The number of aryl methyl sites for hydroxylation is 2. The lowest BCUT2D eigenvalue weighted by Crippen LogP contribution is -2.24. The second kappa shape index (κ2) is 7.21. The Hall–Kier alpha value is -1.89. The third kappa shape index (κ3) is 3.81. The molecule has 2 heterocycles. The fourth-order valence-electron chi connectivity index (χ4n) is 1.97. The Morgan fingerprint density at radius 1 is 1.52 bits per heavy atom. The molecule has 0 atom stereocenters. The van der Waals surface area contributed by atoms with Crippen LogP contribution in [0.5, 0.6) is 0 Å². The number of hydrogen-bond donors (Lipinski definition) is 2. The molecule has 0 spiro atoms. The van der Waals surface area contributed by atoms with Gasteiger partial charge in [0.05, 0.1) is 24.6 Å². The topological polar surface area (TPSA) is 75.6 Å². The molecular formula is C14H18BrN5O. The Morgan fingerprint density at radius 3 is 3.00 bits per heavy atom. The van der Waals surface area contributed by atoms with Gasteiger partial charge in [-0.3, -0.25) is 9.89 Å². The highest BCUT2D eigenvalue weighted by atomic mass is 79.9. The SMILES string of the molecule is C=CCn1ncc(NCCCc2cn[nH]c2C)c(Br)c1=O. The van der Waals surface area contributed by atoms with Gasteiger partial charge in [0.1, 0.15) is 4.47 Å². The molecular weight excluding hydrogens is 334 g/mol. The maximum atomic E-state index is 12.0. The van der Waals surface area contributed by atoms with Crippen LogP contribution in [-0.4, -0.2) is 26.5 Å². The van der Waals surface area contributed by atoms with Gasteiger partial charge in [-0.15, -0.1) is 6.58 Å². The van der Waals surface area contributed by atoms with Gasteiger partial charge in [0.25, 0.3) is 5.56 Å². The number of nitrogens with one attached hydrogen (secondary N) is 2. The van der Waals surface area contributed by atoms with Crippen molar-refractivity contribution in [2.45, 2.75) is 26.3 Å². The Morgan fingerprint density at radius 2 is 2.33 bits per heavy atom. The highest BCUT2D eigenvalue weighted by Crippen LogP contribution is 2.16. The third-order valence-electron chi connectivity index (χ3n) is 3.16. The summed E-state index contributed by atoms with van der Waals surface area (Å²) in [5, 5.41) is 14.2. The van der Waals surface area contributed by atoms with Gasteiger partial charge in [0.2, 0.25) is 0 Å². The van der Waals surface area contributed by atoms with Crippen molar-refractivity contribution in [3.63, 3.8) is 0 Å². The van der Waals surface area contributed by atoms with Gasteiger partial charge in [0, 0.05) is 12.2 Å². The number of rotatable bonds is 7. The molecule has 2 aromatic heterocycles. The molecule has 0 fully saturated rings. The molecule has 7 heteroatoms. The van der Waals surface area contributed by atoms with Crippen molar-refractivity contribution in [1.82, 2.24) is 20.0 Å². The van der Waals surface area contributed by atoms with Crippen molar-refractivity contribution in [1.29, 1.82) is 0 Å². The number of anilines is 1. The van der Waals surface area contributed by atoms with E-state index in [4.69, 9.17) is 0 Å². The number of hydrogen-bond acceptors (Lipinski definition) is 4. The van der Waals surface area contributed by atoms with E-state index in [0.717, 1.165) is 25.1 Å². The molecule has 0 saturated carbocycles. The largest absolute Gasteiger partial charge is 0.383 e. The molecule has 6 nitrogen and oxygen atoms in total. The van der Waals surface area contributed by atoms with Crippen LogP contribution in [0, 0.1) is 6.92 Å². The van der Waals surface area contributed by atoms with Gasteiger partial charge in [-0.05, 0) is 41.3 Å². The predicted molar refractivity (Wildman–Crippen MR) is 86.5 cm³/mol. The van der Waals surface area contributed by atoms with Crippen LogP contribution in [-0.2, 0) is 13.0 Å². The molecule has 0 aliphatic carbocycles. The van der Waals surface area contributed by atoms with E-state index in [1.165, 1.54) is 10.2 Å². The molecule has 0 saturated heterocycles. The first kappa shape index (κ1) is 15.5. The summed E-state index contributed by atoms with van der Waals surface area (Å²) in [6.45, 7) is 6.77. The molecule has 0 amide bonds. The zero-order valence-electron chi connectivity index (χ0n) is 11.9. The van der Waals surface area contributed by atoms with Gasteiger partial charge in [-0.25, -0.2) is 4.68 Å². The Kier molecular flexibility index (Phi) is 5.32. The van der Waals surface area contributed by atoms with E-state index in [9.17, 15) is 4.79 Å². The highest BCUT2D eigenvalue weighted by Gasteiger charge is 2.07. The monoisotopic (exact) mass is 351 g/mol. The van der Waals surface area contributed by atoms with Crippen LogP contribution in [0.3, 0.4) is 0 Å². The summed E-state index contributed by atoms with van der Waals surface area (Å²) < 4.78 is 1.86. The summed E-state index contributed by atoms with van der Waals surface area (Å²) in [4.78, 5) is 12.0. The quantitative estimate of drug-likeness (QED) is 0.592. The van der Waals surface area contributed by atoms with Crippen LogP contribution < -0.4 is 10.9 Å². The summed E-state index contributed by atoms with van der Waals surface area (Å²) in [5.41, 5.74) is 2.87. The van der Waals surface area contributed by atoms with Crippen molar-refractivity contribution in [2.24, 2.45) is 0 Å². The van der Waals surface area contributed by atoms with Gasteiger partial charge >= 0.3 is 0 Å². The van der Waals surface area contributed by atoms with E-state index < -0.39 is 0 Å². The molecule has 0 aromatic carbocycles. The number of H-pyrrole nitrogens is 1. The second-order valence-corrected chi connectivity index (χ2v) is 5.49. The molecule has 0 aliphatic heterocycles. The average Bonchev–Trinajstić information content (AvgIpc) is 2.88. The first-order valence-electron chi connectivity index (χ1n) is 6.72. The lowest BCUT2D eigenvalue weighted by molar-refractivity contribution is 0.648. The first-order chi connectivity index (χ1) is 10.1. The zero-order chi connectivity index (χ0) is 15.2.